The molecule has 1 atom stereocenters. The molecule has 0 saturated carbocycles. The molecule has 0 aromatic heterocycles. The number of ether oxygens (including phenoxy) is 1. The first kappa shape index (κ1) is 21.7. The van der Waals surface area contributed by atoms with E-state index >= 15 is 0 Å². The van der Waals surface area contributed by atoms with Crippen LogP contribution in [0.15, 0.2) is 90.1 Å². The number of nitrogens with zero attached hydrogens (tertiary/aromatic N) is 2. The number of rotatable bonds is 5. The number of nitrogens with one attached hydrogen (secondary N) is 2. The Bertz CT molecular complexity index is 1240. The second kappa shape index (κ2) is 9.28. The summed E-state index contributed by atoms with van der Waals surface area (Å²) in [4.78, 5) is 28.1. The van der Waals surface area contributed by atoms with E-state index in [1.54, 1.807) is 74.7 Å². The van der Waals surface area contributed by atoms with Crippen LogP contribution in [-0.2, 0) is 4.79 Å². The highest BCUT2D eigenvalue weighted by atomic mass is 16.5. The van der Waals surface area contributed by atoms with E-state index in [1.807, 2.05) is 18.2 Å². The standard InChI is InChI=1S/C26H22N4O3/c1-17-23(25(31)28-20-6-4-3-5-7-20)24(19-10-8-18(16-27)9-11-19)29-26(32)30(17)21-12-14-22(33-2)15-13-21/h3-15,24H,1-2H3,(H,28,31)(H,29,32). The van der Waals surface area contributed by atoms with Gasteiger partial charge in [0.2, 0.25) is 0 Å². The topological polar surface area (TPSA) is 94.5 Å². The summed E-state index contributed by atoms with van der Waals surface area (Å²) < 4.78 is 5.21. The van der Waals surface area contributed by atoms with E-state index in [1.165, 1.54) is 4.90 Å². The van der Waals surface area contributed by atoms with Crippen LogP contribution < -0.4 is 20.3 Å². The van der Waals surface area contributed by atoms with Crippen LogP contribution in [0.25, 0.3) is 0 Å². The van der Waals surface area contributed by atoms with Crippen LogP contribution in [0.2, 0.25) is 0 Å². The van der Waals surface area contributed by atoms with Crippen molar-refractivity contribution < 1.29 is 14.3 Å². The quantitative estimate of drug-likeness (QED) is 0.601. The lowest BCUT2D eigenvalue weighted by Crippen LogP contribution is -2.48. The van der Waals surface area contributed by atoms with Crippen LogP contribution in [0.4, 0.5) is 16.2 Å². The third-order valence-electron chi connectivity index (χ3n) is 5.46. The van der Waals surface area contributed by atoms with E-state index in [4.69, 9.17) is 10.00 Å². The smallest absolute Gasteiger partial charge is 0.326 e. The van der Waals surface area contributed by atoms with Crippen molar-refractivity contribution in [2.75, 3.05) is 17.3 Å². The Morgan fingerprint density at radius 3 is 2.30 bits per heavy atom. The fourth-order valence-corrected chi connectivity index (χ4v) is 3.80. The number of amides is 3. The minimum Gasteiger partial charge on any atom is -0.497 e. The highest BCUT2D eigenvalue weighted by Crippen LogP contribution is 2.34. The van der Waals surface area contributed by atoms with E-state index in [-0.39, 0.29) is 11.9 Å². The number of hydrogen-bond donors (Lipinski definition) is 2. The van der Waals surface area contributed by atoms with Gasteiger partial charge in [-0.05, 0) is 61.0 Å². The molecule has 4 rings (SSSR count). The number of hydrogen-bond acceptors (Lipinski definition) is 4. The van der Waals surface area contributed by atoms with Crippen molar-refractivity contribution in [3.05, 3.63) is 101 Å². The molecule has 0 aliphatic carbocycles. The van der Waals surface area contributed by atoms with Crippen LogP contribution in [0, 0.1) is 11.3 Å². The summed E-state index contributed by atoms with van der Waals surface area (Å²) in [6, 6.07) is 24.0. The molecule has 1 aliphatic rings. The summed E-state index contributed by atoms with van der Waals surface area (Å²) in [5.74, 6) is 0.335. The van der Waals surface area contributed by atoms with Gasteiger partial charge in [-0.3, -0.25) is 9.69 Å². The van der Waals surface area contributed by atoms with Gasteiger partial charge < -0.3 is 15.4 Å². The molecule has 0 fully saturated rings. The number of carbonyl (C=O) groups excluding carboxylic acids is 2. The van der Waals surface area contributed by atoms with Crippen molar-refractivity contribution >= 4 is 23.3 Å². The van der Waals surface area contributed by atoms with E-state index in [2.05, 4.69) is 16.7 Å². The van der Waals surface area contributed by atoms with E-state index in [0.29, 0.717) is 39.5 Å². The van der Waals surface area contributed by atoms with Gasteiger partial charge in [0, 0.05) is 11.4 Å². The van der Waals surface area contributed by atoms with Gasteiger partial charge >= 0.3 is 6.03 Å². The third-order valence-corrected chi connectivity index (χ3v) is 5.46. The Morgan fingerprint density at radius 2 is 1.70 bits per heavy atom. The van der Waals surface area contributed by atoms with Crippen molar-refractivity contribution in [3.8, 4) is 11.8 Å². The number of nitriles is 1. The zero-order valence-corrected chi connectivity index (χ0v) is 18.2. The molecule has 33 heavy (non-hydrogen) atoms. The molecule has 2 N–H and O–H groups in total. The number of methoxy groups -OCH3 is 1. The Morgan fingerprint density at radius 1 is 1.03 bits per heavy atom. The first-order valence-corrected chi connectivity index (χ1v) is 10.3. The summed E-state index contributed by atoms with van der Waals surface area (Å²) in [7, 11) is 1.57. The normalized spacial score (nSPS) is 15.5. The van der Waals surface area contributed by atoms with E-state index in [9.17, 15) is 9.59 Å². The molecule has 3 aromatic rings. The van der Waals surface area contributed by atoms with Gasteiger partial charge in [-0.1, -0.05) is 30.3 Å². The first-order chi connectivity index (χ1) is 16.0. The van der Waals surface area contributed by atoms with Crippen LogP contribution in [0.5, 0.6) is 5.75 Å². The van der Waals surface area contributed by atoms with Gasteiger partial charge in [-0.25, -0.2) is 4.79 Å². The summed E-state index contributed by atoms with van der Waals surface area (Å²) in [6.45, 7) is 1.75. The van der Waals surface area contributed by atoms with Crippen LogP contribution in [0.3, 0.4) is 0 Å². The van der Waals surface area contributed by atoms with Crippen LogP contribution in [-0.4, -0.2) is 19.0 Å². The average Bonchev–Trinajstić information content (AvgIpc) is 2.84. The van der Waals surface area contributed by atoms with Crippen molar-refractivity contribution in [2.45, 2.75) is 13.0 Å². The molecule has 7 heteroatoms. The lowest BCUT2D eigenvalue weighted by molar-refractivity contribution is -0.113. The molecule has 0 radical (unpaired) electrons. The minimum atomic E-state index is -0.677. The summed E-state index contributed by atoms with van der Waals surface area (Å²) in [5, 5.41) is 15.0. The summed E-state index contributed by atoms with van der Waals surface area (Å²) in [5.41, 5.74) is 3.36. The second-order valence-electron chi connectivity index (χ2n) is 7.47. The molecular formula is C26H22N4O3. The Labute approximate surface area is 191 Å². The fraction of sp³-hybridized carbons (Fsp3) is 0.115. The molecule has 3 aromatic carbocycles. The molecule has 0 spiro atoms. The molecular weight excluding hydrogens is 416 g/mol. The highest BCUT2D eigenvalue weighted by Gasteiger charge is 2.36. The summed E-state index contributed by atoms with van der Waals surface area (Å²) >= 11 is 0. The maximum absolute atomic E-state index is 13.4. The lowest BCUT2D eigenvalue weighted by Gasteiger charge is -2.35. The molecule has 1 aliphatic heterocycles. The molecule has 0 bridgehead atoms. The number of anilines is 2. The Balaban J connectivity index is 1.79. The molecule has 164 valence electrons. The van der Waals surface area contributed by atoms with Gasteiger partial charge in [0.1, 0.15) is 5.75 Å². The van der Waals surface area contributed by atoms with Gasteiger partial charge in [0.05, 0.1) is 36.0 Å². The van der Waals surface area contributed by atoms with Crippen LogP contribution >= 0.6 is 0 Å². The molecule has 1 unspecified atom stereocenters. The van der Waals surface area contributed by atoms with E-state index in [0.717, 1.165) is 0 Å². The number of urea groups is 1. The Kier molecular flexibility index (Phi) is 6.09. The van der Waals surface area contributed by atoms with Crippen molar-refractivity contribution in [1.82, 2.24) is 5.32 Å². The molecule has 0 saturated heterocycles. The maximum Gasteiger partial charge on any atom is 0.326 e. The average molecular weight is 438 g/mol. The number of para-hydroxylation sites is 1. The first-order valence-electron chi connectivity index (χ1n) is 10.3. The predicted octanol–water partition coefficient (Wildman–Crippen LogP) is 4.75. The maximum atomic E-state index is 13.4. The molecule has 7 nitrogen and oxygen atoms in total. The fourth-order valence-electron chi connectivity index (χ4n) is 3.80. The van der Waals surface area contributed by atoms with Crippen molar-refractivity contribution in [1.29, 1.82) is 5.26 Å². The third kappa shape index (κ3) is 4.41. The number of benzene rings is 3. The highest BCUT2D eigenvalue weighted by molar-refractivity contribution is 6.09. The lowest BCUT2D eigenvalue weighted by atomic mass is 9.93. The largest absolute Gasteiger partial charge is 0.497 e. The zero-order chi connectivity index (χ0) is 23.4. The SMILES string of the molecule is COc1ccc(N2C(=O)NC(c3ccc(C#N)cc3)C(C(=O)Nc3ccccc3)=C2C)cc1. The number of carbonyl (C=O) groups is 2. The summed E-state index contributed by atoms with van der Waals surface area (Å²) in [6.07, 6.45) is 0. The van der Waals surface area contributed by atoms with Crippen molar-refractivity contribution in [2.24, 2.45) is 0 Å². The minimum absolute atomic E-state index is 0.327. The monoisotopic (exact) mass is 438 g/mol. The van der Waals surface area contributed by atoms with Gasteiger partial charge in [0.25, 0.3) is 5.91 Å². The predicted molar refractivity (Wildman–Crippen MR) is 126 cm³/mol. The van der Waals surface area contributed by atoms with E-state index < -0.39 is 6.04 Å². The van der Waals surface area contributed by atoms with Crippen LogP contribution in [0.1, 0.15) is 24.1 Å². The van der Waals surface area contributed by atoms with Crippen molar-refractivity contribution in [3.63, 3.8) is 0 Å². The Hall–Kier alpha value is -4.57. The molecule has 3 amide bonds. The molecule has 1 heterocycles. The van der Waals surface area contributed by atoms with Gasteiger partial charge in [0.15, 0.2) is 0 Å². The van der Waals surface area contributed by atoms with Gasteiger partial charge in [-0.2, -0.15) is 5.26 Å². The van der Waals surface area contributed by atoms with Gasteiger partial charge in [-0.15, -0.1) is 0 Å². The number of allylic oxidation sites excluding steroid dienone is 1. The zero-order valence-electron chi connectivity index (χ0n) is 18.2. The second-order valence-corrected chi connectivity index (χ2v) is 7.47.